The zero-order chi connectivity index (χ0) is 13.7. The average molecular weight is 262 g/mol. The number of benzene rings is 1. The maximum atomic E-state index is 10.7. The molecule has 1 fully saturated rings. The molecular formula is C15H22N2O2. The molecule has 1 heterocycles. The van der Waals surface area contributed by atoms with Gasteiger partial charge in [0, 0.05) is 31.2 Å². The maximum absolute atomic E-state index is 10.7. The van der Waals surface area contributed by atoms with Crippen molar-refractivity contribution in [3.63, 3.8) is 0 Å². The Morgan fingerprint density at radius 3 is 3.11 bits per heavy atom. The Balaban J connectivity index is 2.01. The lowest BCUT2D eigenvalue weighted by Crippen LogP contribution is -2.38. The van der Waals surface area contributed by atoms with Gasteiger partial charge in [-0.25, -0.2) is 0 Å². The van der Waals surface area contributed by atoms with Gasteiger partial charge < -0.3 is 15.3 Å². The molecule has 0 aromatic heterocycles. The molecule has 1 aromatic carbocycles. The van der Waals surface area contributed by atoms with Gasteiger partial charge in [-0.1, -0.05) is 12.1 Å². The summed E-state index contributed by atoms with van der Waals surface area (Å²) in [5.74, 6) is -0.715. The van der Waals surface area contributed by atoms with E-state index in [0.29, 0.717) is 6.42 Å². The van der Waals surface area contributed by atoms with Crippen LogP contribution in [-0.4, -0.2) is 36.8 Å². The normalized spacial score (nSPS) is 20.1. The molecule has 19 heavy (non-hydrogen) atoms. The Morgan fingerprint density at radius 1 is 1.53 bits per heavy atom. The van der Waals surface area contributed by atoms with Crippen molar-refractivity contribution in [3.8, 4) is 0 Å². The summed E-state index contributed by atoms with van der Waals surface area (Å²) >= 11 is 0. The molecule has 104 valence electrons. The summed E-state index contributed by atoms with van der Waals surface area (Å²) in [4.78, 5) is 13.0. The highest BCUT2D eigenvalue weighted by molar-refractivity contribution is 5.66. The number of rotatable bonds is 4. The number of nitrogens with one attached hydrogen (secondary N) is 1. The first-order valence-corrected chi connectivity index (χ1v) is 6.92. The first-order valence-electron chi connectivity index (χ1n) is 6.92. The number of carboxylic acid groups (broad SMARTS) is 1. The molecule has 1 aliphatic heterocycles. The van der Waals surface area contributed by atoms with Crippen molar-refractivity contribution in [2.24, 2.45) is 0 Å². The molecule has 0 bridgehead atoms. The SMILES string of the molecule is Cc1cccc(N2CCCNC(CCC(=O)O)C2)c1. The first-order chi connectivity index (χ1) is 9.15. The zero-order valence-corrected chi connectivity index (χ0v) is 11.4. The minimum Gasteiger partial charge on any atom is -0.481 e. The topological polar surface area (TPSA) is 52.6 Å². The van der Waals surface area contributed by atoms with E-state index in [1.54, 1.807) is 0 Å². The van der Waals surface area contributed by atoms with Gasteiger partial charge in [0.25, 0.3) is 0 Å². The highest BCUT2D eigenvalue weighted by Gasteiger charge is 2.18. The van der Waals surface area contributed by atoms with Crippen LogP contribution < -0.4 is 10.2 Å². The number of anilines is 1. The van der Waals surface area contributed by atoms with Crippen LogP contribution in [0.4, 0.5) is 5.69 Å². The molecule has 4 nitrogen and oxygen atoms in total. The van der Waals surface area contributed by atoms with E-state index < -0.39 is 5.97 Å². The van der Waals surface area contributed by atoms with Crippen molar-refractivity contribution in [3.05, 3.63) is 29.8 Å². The molecule has 1 unspecified atom stereocenters. The predicted molar refractivity (Wildman–Crippen MR) is 76.7 cm³/mol. The Bertz CT molecular complexity index is 434. The number of aryl methyl sites for hydroxylation is 1. The number of hydrogen-bond acceptors (Lipinski definition) is 3. The quantitative estimate of drug-likeness (QED) is 0.871. The van der Waals surface area contributed by atoms with Crippen LogP contribution in [0.25, 0.3) is 0 Å². The Hall–Kier alpha value is -1.55. The van der Waals surface area contributed by atoms with Crippen molar-refractivity contribution in [2.75, 3.05) is 24.5 Å². The summed E-state index contributed by atoms with van der Waals surface area (Å²) in [6.45, 7) is 4.98. The third-order valence-corrected chi connectivity index (χ3v) is 3.55. The monoisotopic (exact) mass is 262 g/mol. The molecule has 2 N–H and O–H groups in total. The molecule has 0 radical (unpaired) electrons. The van der Waals surface area contributed by atoms with Crippen LogP contribution in [0.15, 0.2) is 24.3 Å². The van der Waals surface area contributed by atoms with E-state index in [-0.39, 0.29) is 12.5 Å². The number of carbonyl (C=O) groups is 1. The number of carboxylic acids is 1. The van der Waals surface area contributed by atoms with Gasteiger partial charge in [0.1, 0.15) is 0 Å². The zero-order valence-electron chi connectivity index (χ0n) is 11.4. The van der Waals surface area contributed by atoms with Gasteiger partial charge in [-0.3, -0.25) is 4.79 Å². The van der Waals surface area contributed by atoms with Crippen LogP contribution in [-0.2, 0) is 4.79 Å². The molecule has 2 rings (SSSR count). The van der Waals surface area contributed by atoms with Crippen molar-refractivity contribution in [1.29, 1.82) is 0 Å². The second-order valence-corrected chi connectivity index (χ2v) is 5.22. The van der Waals surface area contributed by atoms with Crippen LogP contribution in [0, 0.1) is 6.92 Å². The minimum absolute atomic E-state index is 0.235. The Labute approximate surface area is 114 Å². The molecule has 0 saturated carbocycles. The van der Waals surface area contributed by atoms with E-state index in [4.69, 9.17) is 5.11 Å². The van der Waals surface area contributed by atoms with Crippen molar-refractivity contribution < 1.29 is 9.90 Å². The molecule has 0 amide bonds. The van der Waals surface area contributed by atoms with Crippen LogP contribution in [0.1, 0.15) is 24.8 Å². The van der Waals surface area contributed by atoms with Crippen molar-refractivity contribution in [1.82, 2.24) is 5.32 Å². The van der Waals surface area contributed by atoms with Crippen LogP contribution in [0.5, 0.6) is 0 Å². The molecule has 1 saturated heterocycles. The predicted octanol–water partition coefficient (Wildman–Crippen LogP) is 2.03. The van der Waals surface area contributed by atoms with Crippen LogP contribution in [0.2, 0.25) is 0 Å². The Kier molecular flexibility index (Phi) is 4.80. The first kappa shape index (κ1) is 13.9. The molecule has 4 heteroatoms. The van der Waals surface area contributed by atoms with E-state index in [9.17, 15) is 4.79 Å². The van der Waals surface area contributed by atoms with E-state index in [1.165, 1.54) is 11.3 Å². The number of aliphatic carboxylic acids is 1. The largest absolute Gasteiger partial charge is 0.481 e. The van der Waals surface area contributed by atoms with Gasteiger partial charge in [-0.05, 0) is 44.0 Å². The summed E-state index contributed by atoms with van der Waals surface area (Å²) in [7, 11) is 0. The highest BCUT2D eigenvalue weighted by atomic mass is 16.4. The molecule has 0 aliphatic carbocycles. The average Bonchev–Trinajstić information content (AvgIpc) is 2.62. The number of hydrogen-bond donors (Lipinski definition) is 2. The van der Waals surface area contributed by atoms with E-state index in [0.717, 1.165) is 26.1 Å². The summed E-state index contributed by atoms with van der Waals surface area (Å²) in [6, 6.07) is 8.77. The van der Waals surface area contributed by atoms with E-state index in [1.807, 2.05) is 0 Å². The van der Waals surface area contributed by atoms with Crippen LogP contribution in [0.3, 0.4) is 0 Å². The molecule has 1 aromatic rings. The van der Waals surface area contributed by atoms with E-state index >= 15 is 0 Å². The summed E-state index contributed by atoms with van der Waals surface area (Å²) < 4.78 is 0. The van der Waals surface area contributed by atoms with Gasteiger partial charge in [0.15, 0.2) is 0 Å². The van der Waals surface area contributed by atoms with Crippen LogP contribution >= 0.6 is 0 Å². The lowest BCUT2D eigenvalue weighted by molar-refractivity contribution is -0.137. The van der Waals surface area contributed by atoms with Gasteiger partial charge in [-0.2, -0.15) is 0 Å². The van der Waals surface area contributed by atoms with Crippen molar-refractivity contribution >= 4 is 11.7 Å². The third kappa shape index (κ3) is 4.24. The lowest BCUT2D eigenvalue weighted by atomic mass is 10.1. The third-order valence-electron chi connectivity index (χ3n) is 3.55. The van der Waals surface area contributed by atoms with Crippen molar-refractivity contribution in [2.45, 2.75) is 32.2 Å². The molecule has 0 spiro atoms. The van der Waals surface area contributed by atoms with E-state index in [2.05, 4.69) is 41.4 Å². The molecular weight excluding hydrogens is 240 g/mol. The van der Waals surface area contributed by atoms with Gasteiger partial charge in [0.05, 0.1) is 0 Å². The summed E-state index contributed by atoms with van der Waals surface area (Å²) in [6.07, 6.45) is 2.02. The second-order valence-electron chi connectivity index (χ2n) is 5.22. The summed E-state index contributed by atoms with van der Waals surface area (Å²) in [5.41, 5.74) is 2.50. The fourth-order valence-electron chi connectivity index (χ4n) is 2.55. The fraction of sp³-hybridized carbons (Fsp3) is 0.533. The van der Waals surface area contributed by atoms with Gasteiger partial charge in [0.2, 0.25) is 0 Å². The standard InChI is InChI=1S/C15H22N2O2/c1-12-4-2-5-14(10-12)17-9-3-8-16-13(11-17)6-7-15(18)19/h2,4-5,10,13,16H,3,6-9,11H2,1H3,(H,18,19). The Morgan fingerprint density at radius 2 is 2.37 bits per heavy atom. The smallest absolute Gasteiger partial charge is 0.303 e. The molecule has 1 atom stereocenters. The van der Waals surface area contributed by atoms with Gasteiger partial charge >= 0.3 is 5.97 Å². The number of nitrogens with zero attached hydrogens (tertiary/aromatic N) is 1. The molecule has 1 aliphatic rings. The van der Waals surface area contributed by atoms with Gasteiger partial charge in [-0.15, -0.1) is 0 Å². The minimum atomic E-state index is -0.715. The maximum Gasteiger partial charge on any atom is 0.303 e. The highest BCUT2D eigenvalue weighted by Crippen LogP contribution is 2.18. The summed E-state index contributed by atoms with van der Waals surface area (Å²) in [5, 5.41) is 12.2. The second kappa shape index (κ2) is 6.57. The lowest BCUT2D eigenvalue weighted by Gasteiger charge is -2.26. The fourth-order valence-corrected chi connectivity index (χ4v) is 2.55.